The van der Waals surface area contributed by atoms with Crippen LogP contribution in [0.4, 0.5) is 0 Å². The summed E-state index contributed by atoms with van der Waals surface area (Å²) >= 11 is 5.94. The van der Waals surface area contributed by atoms with Crippen LogP contribution >= 0.6 is 11.6 Å². The van der Waals surface area contributed by atoms with Gasteiger partial charge in [-0.1, -0.05) is 11.6 Å². The fourth-order valence-electron chi connectivity index (χ4n) is 1.73. The SMILES string of the molecule is COCc1nc2ccc(Cl)cc2n1CCO. The average molecular weight is 241 g/mol. The summed E-state index contributed by atoms with van der Waals surface area (Å²) in [6.45, 7) is 0.983. The number of benzene rings is 1. The Bertz CT molecular complexity index is 496. The zero-order valence-electron chi connectivity index (χ0n) is 8.98. The molecule has 2 rings (SSSR count). The number of rotatable bonds is 4. The van der Waals surface area contributed by atoms with Crippen molar-refractivity contribution in [1.29, 1.82) is 0 Å². The van der Waals surface area contributed by atoms with Crippen molar-refractivity contribution in [2.24, 2.45) is 0 Å². The van der Waals surface area contributed by atoms with E-state index in [1.54, 1.807) is 13.2 Å². The number of imidazole rings is 1. The topological polar surface area (TPSA) is 47.3 Å². The zero-order valence-corrected chi connectivity index (χ0v) is 9.74. The number of halogens is 1. The second kappa shape index (κ2) is 4.82. The lowest BCUT2D eigenvalue weighted by molar-refractivity contribution is 0.172. The number of aliphatic hydroxyl groups excluding tert-OH is 1. The van der Waals surface area contributed by atoms with Gasteiger partial charge in [0.1, 0.15) is 12.4 Å². The zero-order chi connectivity index (χ0) is 11.5. The molecule has 1 heterocycles. The molecule has 0 aliphatic carbocycles. The number of fused-ring (bicyclic) bond motifs is 1. The van der Waals surface area contributed by atoms with Gasteiger partial charge in [0.15, 0.2) is 0 Å². The van der Waals surface area contributed by atoms with Crippen molar-refractivity contribution in [1.82, 2.24) is 9.55 Å². The smallest absolute Gasteiger partial charge is 0.136 e. The first-order chi connectivity index (χ1) is 7.76. The predicted molar refractivity (Wildman–Crippen MR) is 62.5 cm³/mol. The third-order valence-electron chi connectivity index (χ3n) is 2.39. The van der Waals surface area contributed by atoms with Crippen LogP contribution in [0.25, 0.3) is 11.0 Å². The third-order valence-corrected chi connectivity index (χ3v) is 2.62. The minimum absolute atomic E-state index is 0.0642. The molecule has 0 aliphatic heterocycles. The molecule has 0 spiro atoms. The normalized spacial score (nSPS) is 11.2. The van der Waals surface area contributed by atoms with E-state index in [4.69, 9.17) is 21.4 Å². The molecule has 1 N–H and O–H groups in total. The summed E-state index contributed by atoms with van der Waals surface area (Å²) in [5.74, 6) is 0.800. The van der Waals surface area contributed by atoms with Gasteiger partial charge in [0.2, 0.25) is 0 Å². The lowest BCUT2D eigenvalue weighted by Crippen LogP contribution is -2.07. The summed E-state index contributed by atoms with van der Waals surface area (Å²) in [7, 11) is 1.62. The molecule has 2 aromatic rings. The van der Waals surface area contributed by atoms with Gasteiger partial charge in [-0.3, -0.25) is 0 Å². The first-order valence-electron chi connectivity index (χ1n) is 5.00. The molecule has 0 fully saturated rings. The Balaban J connectivity index is 2.57. The maximum atomic E-state index is 9.04. The number of hydrogen-bond donors (Lipinski definition) is 1. The fourth-order valence-corrected chi connectivity index (χ4v) is 1.90. The Morgan fingerprint density at radius 1 is 1.50 bits per heavy atom. The minimum atomic E-state index is 0.0642. The Morgan fingerprint density at radius 3 is 3.00 bits per heavy atom. The van der Waals surface area contributed by atoms with E-state index in [9.17, 15) is 0 Å². The summed E-state index contributed by atoms with van der Waals surface area (Å²) in [6.07, 6.45) is 0. The van der Waals surface area contributed by atoms with Gasteiger partial charge in [0.25, 0.3) is 0 Å². The number of nitrogens with zero attached hydrogens (tertiary/aromatic N) is 2. The van der Waals surface area contributed by atoms with Gasteiger partial charge in [-0.2, -0.15) is 0 Å². The highest BCUT2D eigenvalue weighted by Gasteiger charge is 2.10. The van der Waals surface area contributed by atoms with Crippen molar-refractivity contribution in [2.75, 3.05) is 13.7 Å². The van der Waals surface area contributed by atoms with Gasteiger partial charge in [-0.25, -0.2) is 4.98 Å². The quantitative estimate of drug-likeness (QED) is 0.887. The van der Waals surface area contributed by atoms with Crippen molar-refractivity contribution in [3.63, 3.8) is 0 Å². The third kappa shape index (κ3) is 2.04. The van der Waals surface area contributed by atoms with E-state index in [2.05, 4.69) is 4.98 Å². The second-order valence-corrected chi connectivity index (χ2v) is 3.91. The lowest BCUT2D eigenvalue weighted by Gasteiger charge is -2.06. The van der Waals surface area contributed by atoms with Gasteiger partial charge >= 0.3 is 0 Å². The van der Waals surface area contributed by atoms with Crippen LogP contribution in [0, 0.1) is 0 Å². The van der Waals surface area contributed by atoms with Gasteiger partial charge in [-0.05, 0) is 18.2 Å². The number of hydrogen-bond acceptors (Lipinski definition) is 3. The molecule has 86 valence electrons. The summed E-state index contributed by atoms with van der Waals surface area (Å²) in [6, 6.07) is 5.51. The molecule has 1 aromatic heterocycles. The highest BCUT2D eigenvalue weighted by molar-refractivity contribution is 6.31. The molecule has 0 saturated carbocycles. The highest BCUT2D eigenvalue weighted by Crippen LogP contribution is 2.21. The number of ether oxygens (including phenoxy) is 1. The molecular formula is C11H13ClN2O2. The van der Waals surface area contributed by atoms with Crippen molar-refractivity contribution in [3.05, 3.63) is 29.0 Å². The van der Waals surface area contributed by atoms with Gasteiger partial charge in [0, 0.05) is 18.7 Å². The van der Waals surface area contributed by atoms with E-state index in [1.165, 1.54) is 0 Å². The summed E-state index contributed by atoms with van der Waals surface area (Å²) < 4.78 is 7.00. The monoisotopic (exact) mass is 240 g/mol. The summed E-state index contributed by atoms with van der Waals surface area (Å²) in [5, 5.41) is 9.70. The molecule has 0 amide bonds. The molecule has 0 unspecified atom stereocenters. The highest BCUT2D eigenvalue weighted by atomic mass is 35.5. The number of methoxy groups -OCH3 is 1. The van der Waals surface area contributed by atoms with Gasteiger partial charge < -0.3 is 14.4 Å². The van der Waals surface area contributed by atoms with Crippen molar-refractivity contribution >= 4 is 22.6 Å². The first kappa shape index (κ1) is 11.4. The van der Waals surface area contributed by atoms with Crippen molar-refractivity contribution in [2.45, 2.75) is 13.2 Å². The van der Waals surface area contributed by atoms with E-state index in [0.29, 0.717) is 18.2 Å². The van der Waals surface area contributed by atoms with Crippen LogP contribution < -0.4 is 0 Å². The molecule has 0 radical (unpaired) electrons. The van der Waals surface area contributed by atoms with E-state index in [1.807, 2.05) is 16.7 Å². The second-order valence-electron chi connectivity index (χ2n) is 3.47. The van der Waals surface area contributed by atoms with Crippen LogP contribution in [-0.2, 0) is 17.9 Å². The fraction of sp³-hybridized carbons (Fsp3) is 0.364. The van der Waals surface area contributed by atoms with Crippen molar-refractivity contribution < 1.29 is 9.84 Å². The largest absolute Gasteiger partial charge is 0.395 e. The van der Waals surface area contributed by atoms with Crippen molar-refractivity contribution in [3.8, 4) is 0 Å². The van der Waals surface area contributed by atoms with Gasteiger partial charge in [0.05, 0.1) is 17.6 Å². The molecule has 0 atom stereocenters. The van der Waals surface area contributed by atoms with Crippen LogP contribution in [0.5, 0.6) is 0 Å². The van der Waals surface area contributed by atoms with Crippen LogP contribution in [-0.4, -0.2) is 28.4 Å². The minimum Gasteiger partial charge on any atom is -0.395 e. The maximum Gasteiger partial charge on any atom is 0.136 e. The Morgan fingerprint density at radius 2 is 2.31 bits per heavy atom. The average Bonchev–Trinajstić information content (AvgIpc) is 2.58. The van der Waals surface area contributed by atoms with E-state index < -0.39 is 0 Å². The van der Waals surface area contributed by atoms with E-state index >= 15 is 0 Å². The van der Waals surface area contributed by atoms with E-state index in [-0.39, 0.29) is 6.61 Å². The van der Waals surface area contributed by atoms with Crippen LogP contribution in [0.3, 0.4) is 0 Å². The number of aliphatic hydroxyl groups is 1. The molecule has 16 heavy (non-hydrogen) atoms. The molecule has 0 bridgehead atoms. The van der Waals surface area contributed by atoms with E-state index in [0.717, 1.165) is 16.9 Å². The first-order valence-corrected chi connectivity index (χ1v) is 5.38. The van der Waals surface area contributed by atoms with Gasteiger partial charge in [-0.15, -0.1) is 0 Å². The number of aromatic nitrogens is 2. The molecule has 0 saturated heterocycles. The van der Waals surface area contributed by atoms with Crippen LogP contribution in [0.15, 0.2) is 18.2 Å². The molecular weight excluding hydrogens is 228 g/mol. The molecule has 1 aromatic carbocycles. The maximum absolute atomic E-state index is 9.04. The standard InChI is InChI=1S/C11H13ClN2O2/c1-16-7-11-13-9-3-2-8(12)6-10(9)14(11)4-5-15/h2-3,6,15H,4-5,7H2,1H3. The van der Waals surface area contributed by atoms with Crippen LogP contribution in [0.2, 0.25) is 5.02 Å². The Kier molecular flexibility index (Phi) is 3.43. The summed E-state index contributed by atoms with van der Waals surface area (Å²) in [4.78, 5) is 4.43. The summed E-state index contributed by atoms with van der Waals surface area (Å²) in [5.41, 5.74) is 1.79. The predicted octanol–water partition coefficient (Wildman–Crippen LogP) is 1.83. The molecule has 0 aliphatic rings. The van der Waals surface area contributed by atoms with Crippen LogP contribution in [0.1, 0.15) is 5.82 Å². The molecule has 4 nitrogen and oxygen atoms in total. The Labute approximate surface area is 98.4 Å². The lowest BCUT2D eigenvalue weighted by atomic mass is 10.3. The Hall–Kier alpha value is -1.10. The molecule has 5 heteroatoms.